The van der Waals surface area contributed by atoms with Gasteiger partial charge in [0.25, 0.3) is 0 Å². The molecule has 0 aliphatic carbocycles. The van der Waals surface area contributed by atoms with Crippen molar-refractivity contribution in [3.8, 4) is 11.6 Å². The normalized spacial score (nSPS) is 14.0. The Hall–Kier alpha value is -5.46. The number of hydrogen-bond donors (Lipinski definition) is 3. The van der Waals surface area contributed by atoms with Crippen LogP contribution in [0.3, 0.4) is 0 Å². The summed E-state index contributed by atoms with van der Waals surface area (Å²) in [4.78, 5) is 41.0. The number of phenols is 1. The third-order valence-electron chi connectivity index (χ3n) is 6.72. The van der Waals surface area contributed by atoms with Crippen molar-refractivity contribution in [3.05, 3.63) is 66.6 Å². The Balaban J connectivity index is 1.43. The van der Waals surface area contributed by atoms with E-state index in [0.717, 1.165) is 17.1 Å². The van der Waals surface area contributed by atoms with Crippen LogP contribution in [-0.4, -0.2) is 82.7 Å². The molecule has 13 nitrogen and oxygen atoms in total. The van der Waals surface area contributed by atoms with Gasteiger partial charge in [-0.25, -0.2) is 14.5 Å². The Bertz CT molecular complexity index is 1770. The number of aromatic hydroxyl groups is 1. The lowest BCUT2D eigenvalue weighted by molar-refractivity contribution is -0.137. The van der Waals surface area contributed by atoms with Crippen LogP contribution in [0, 0.1) is 0 Å². The Morgan fingerprint density at radius 3 is 2.38 bits per heavy atom. The van der Waals surface area contributed by atoms with E-state index < -0.39 is 11.9 Å². The highest BCUT2D eigenvalue weighted by Crippen LogP contribution is 2.28. The number of hydrogen-bond acceptors (Lipinski definition) is 9. The van der Waals surface area contributed by atoms with E-state index >= 15 is 0 Å². The van der Waals surface area contributed by atoms with Gasteiger partial charge in [0.05, 0.1) is 17.5 Å². The molecular formula is C27H24N8O5. The van der Waals surface area contributed by atoms with Crippen molar-refractivity contribution < 1.29 is 24.9 Å². The van der Waals surface area contributed by atoms with Gasteiger partial charge in [-0.3, -0.25) is 4.79 Å². The second-order valence-electron chi connectivity index (χ2n) is 9.26. The molecule has 40 heavy (non-hydrogen) atoms. The van der Waals surface area contributed by atoms with Crippen LogP contribution in [0.1, 0.15) is 5.69 Å². The summed E-state index contributed by atoms with van der Waals surface area (Å²) in [5, 5.41) is 33.6. The van der Waals surface area contributed by atoms with Crippen molar-refractivity contribution in [2.45, 2.75) is 6.54 Å². The molecule has 1 aliphatic heterocycles. The number of carboxylic acid groups (broad SMARTS) is 2. The number of benzene rings is 2. The fourth-order valence-electron chi connectivity index (χ4n) is 4.82. The molecule has 0 amide bonds. The number of fused-ring (bicyclic) bond motifs is 2. The van der Waals surface area contributed by atoms with Crippen LogP contribution in [0.25, 0.3) is 34.0 Å². The van der Waals surface area contributed by atoms with Crippen molar-refractivity contribution in [2.75, 3.05) is 36.0 Å². The molecule has 13 heteroatoms. The summed E-state index contributed by atoms with van der Waals surface area (Å²) in [6.07, 6.45) is 3.86. The molecule has 0 atom stereocenters. The predicted molar refractivity (Wildman–Crippen MR) is 147 cm³/mol. The molecule has 202 valence electrons. The van der Waals surface area contributed by atoms with Gasteiger partial charge in [-0.15, -0.1) is 0 Å². The number of phenolic OH excluding ortho intramolecular Hbond substituents is 1. The SMILES string of the molecule is O=C(O)/C=C/c1nn(-c2nc(N3CCN(c4ccc(O)cc4)CC3)nc3c2ncn3CC(=O)O)c2ccccc12. The number of imidazole rings is 1. The molecule has 0 unspecified atom stereocenters. The van der Waals surface area contributed by atoms with Gasteiger partial charge < -0.3 is 29.7 Å². The largest absolute Gasteiger partial charge is 0.508 e. The van der Waals surface area contributed by atoms with Crippen LogP contribution in [0.5, 0.6) is 5.75 Å². The molecule has 3 N–H and O–H groups in total. The minimum absolute atomic E-state index is 0.211. The Morgan fingerprint density at radius 2 is 1.65 bits per heavy atom. The topological polar surface area (TPSA) is 163 Å². The average Bonchev–Trinajstić information content (AvgIpc) is 3.53. The third-order valence-corrected chi connectivity index (χ3v) is 6.72. The second kappa shape index (κ2) is 10.0. The summed E-state index contributed by atoms with van der Waals surface area (Å²) in [6.45, 7) is 2.25. The molecule has 2 aromatic carbocycles. The predicted octanol–water partition coefficient (Wildman–Crippen LogP) is 2.38. The molecule has 0 bridgehead atoms. The van der Waals surface area contributed by atoms with Crippen LogP contribution < -0.4 is 9.80 Å². The fraction of sp³-hybridized carbons (Fsp3) is 0.185. The summed E-state index contributed by atoms with van der Waals surface area (Å²) >= 11 is 0. The highest BCUT2D eigenvalue weighted by atomic mass is 16.4. The first-order chi connectivity index (χ1) is 19.4. The maximum atomic E-state index is 11.6. The lowest BCUT2D eigenvalue weighted by atomic mass is 10.2. The van der Waals surface area contributed by atoms with E-state index in [1.165, 1.54) is 17.0 Å². The summed E-state index contributed by atoms with van der Waals surface area (Å²) < 4.78 is 3.05. The molecule has 1 aliphatic rings. The van der Waals surface area contributed by atoms with Crippen LogP contribution in [-0.2, 0) is 16.1 Å². The number of para-hydroxylation sites is 1. The molecular weight excluding hydrogens is 516 g/mol. The van der Waals surface area contributed by atoms with Crippen molar-refractivity contribution in [1.29, 1.82) is 0 Å². The highest BCUT2D eigenvalue weighted by molar-refractivity contribution is 5.94. The number of aromatic nitrogens is 6. The molecule has 0 saturated carbocycles. The molecule has 3 aromatic heterocycles. The molecule has 1 saturated heterocycles. The van der Waals surface area contributed by atoms with Crippen molar-refractivity contribution in [3.63, 3.8) is 0 Å². The standard InChI is InChI=1S/C27H24N8O5/c36-18-7-5-17(6-8-18)32-11-13-33(14-12-32)27-29-25-24(28-16-34(25)15-23(39)40)26(30-27)35-21-4-2-1-3-19(21)20(31-35)9-10-22(37)38/h1-10,16,36H,11-15H2,(H,37,38)(H,39,40)/b10-9+. The second-order valence-corrected chi connectivity index (χ2v) is 9.26. The monoisotopic (exact) mass is 540 g/mol. The maximum Gasteiger partial charge on any atom is 0.328 e. The first kappa shape index (κ1) is 24.9. The van der Waals surface area contributed by atoms with Gasteiger partial charge in [0, 0.05) is 43.3 Å². The number of anilines is 2. The number of nitrogens with zero attached hydrogens (tertiary/aromatic N) is 8. The lowest BCUT2D eigenvalue weighted by Crippen LogP contribution is -2.47. The maximum absolute atomic E-state index is 11.6. The van der Waals surface area contributed by atoms with E-state index in [-0.39, 0.29) is 12.3 Å². The van der Waals surface area contributed by atoms with E-state index in [4.69, 9.17) is 15.1 Å². The van der Waals surface area contributed by atoms with E-state index in [2.05, 4.69) is 15.0 Å². The smallest absolute Gasteiger partial charge is 0.328 e. The molecule has 4 heterocycles. The first-order valence-corrected chi connectivity index (χ1v) is 12.5. The minimum Gasteiger partial charge on any atom is -0.508 e. The van der Waals surface area contributed by atoms with Crippen LogP contribution in [0.4, 0.5) is 11.6 Å². The Morgan fingerprint density at radius 1 is 0.925 bits per heavy atom. The van der Waals surface area contributed by atoms with Gasteiger partial charge in [-0.1, -0.05) is 18.2 Å². The molecule has 0 spiro atoms. The third kappa shape index (κ3) is 4.64. The zero-order chi connectivity index (χ0) is 27.8. The van der Waals surface area contributed by atoms with Crippen LogP contribution in [0.2, 0.25) is 0 Å². The average molecular weight is 541 g/mol. The van der Waals surface area contributed by atoms with E-state index in [0.29, 0.717) is 60.3 Å². The fourth-order valence-corrected chi connectivity index (χ4v) is 4.82. The quantitative estimate of drug-likeness (QED) is 0.260. The first-order valence-electron chi connectivity index (χ1n) is 12.5. The summed E-state index contributed by atoms with van der Waals surface area (Å²) in [7, 11) is 0. The minimum atomic E-state index is -1.09. The summed E-state index contributed by atoms with van der Waals surface area (Å²) in [5.74, 6) is -1.15. The number of piperazine rings is 1. The van der Waals surface area contributed by atoms with Crippen molar-refractivity contribution in [2.24, 2.45) is 0 Å². The van der Waals surface area contributed by atoms with E-state index in [9.17, 15) is 19.8 Å². The Labute approximate surface area is 226 Å². The number of rotatable bonds is 7. The van der Waals surface area contributed by atoms with E-state index in [1.54, 1.807) is 16.8 Å². The lowest BCUT2D eigenvalue weighted by Gasteiger charge is -2.36. The van der Waals surface area contributed by atoms with Gasteiger partial charge in [0.2, 0.25) is 5.95 Å². The number of carbonyl (C=O) groups is 2. The van der Waals surface area contributed by atoms with Gasteiger partial charge in [-0.2, -0.15) is 15.1 Å². The van der Waals surface area contributed by atoms with Gasteiger partial charge in [-0.05, 0) is 36.4 Å². The zero-order valence-electron chi connectivity index (χ0n) is 21.1. The molecule has 0 radical (unpaired) electrons. The zero-order valence-corrected chi connectivity index (χ0v) is 21.1. The summed E-state index contributed by atoms with van der Waals surface area (Å²) in [6, 6.07) is 14.4. The van der Waals surface area contributed by atoms with Crippen molar-refractivity contribution in [1.82, 2.24) is 29.3 Å². The van der Waals surface area contributed by atoms with Crippen molar-refractivity contribution >= 4 is 51.7 Å². The number of carboxylic acids is 2. The molecule has 6 rings (SSSR count). The Kier molecular flexibility index (Phi) is 6.22. The highest BCUT2D eigenvalue weighted by Gasteiger charge is 2.24. The number of aliphatic carboxylic acids is 2. The van der Waals surface area contributed by atoms with Gasteiger partial charge >= 0.3 is 11.9 Å². The van der Waals surface area contributed by atoms with E-state index in [1.807, 2.05) is 41.3 Å². The summed E-state index contributed by atoms with van der Waals surface area (Å²) in [5.41, 5.74) is 2.85. The molecule has 1 fully saturated rings. The van der Waals surface area contributed by atoms with Crippen LogP contribution in [0.15, 0.2) is 60.9 Å². The van der Waals surface area contributed by atoms with Crippen LogP contribution >= 0.6 is 0 Å². The van der Waals surface area contributed by atoms with Gasteiger partial charge in [0.15, 0.2) is 17.0 Å². The van der Waals surface area contributed by atoms with Gasteiger partial charge in [0.1, 0.15) is 12.3 Å². The molecule has 5 aromatic rings.